The van der Waals surface area contributed by atoms with Crippen molar-refractivity contribution in [3.8, 4) is 5.75 Å². The second kappa shape index (κ2) is 8.82. The number of hydrazone groups is 1. The molecule has 0 spiro atoms. The van der Waals surface area contributed by atoms with Crippen molar-refractivity contribution >= 4 is 40.0 Å². The third-order valence-electron chi connectivity index (χ3n) is 5.79. The van der Waals surface area contributed by atoms with Crippen LogP contribution in [0.3, 0.4) is 0 Å². The minimum atomic E-state index is -0.0112. The molecule has 1 fully saturated rings. The van der Waals surface area contributed by atoms with Crippen LogP contribution >= 0.6 is 22.7 Å². The summed E-state index contributed by atoms with van der Waals surface area (Å²) in [7, 11) is 0. The van der Waals surface area contributed by atoms with Gasteiger partial charge in [0.05, 0.1) is 23.2 Å². The third kappa shape index (κ3) is 4.37. The summed E-state index contributed by atoms with van der Waals surface area (Å²) < 4.78 is 0. The van der Waals surface area contributed by atoms with Crippen molar-refractivity contribution in [2.24, 2.45) is 5.10 Å². The van der Waals surface area contributed by atoms with Gasteiger partial charge in [0.2, 0.25) is 0 Å². The fourth-order valence-corrected chi connectivity index (χ4v) is 5.66. The van der Waals surface area contributed by atoms with Crippen LogP contribution in [0, 0.1) is 0 Å². The van der Waals surface area contributed by atoms with Crippen molar-refractivity contribution in [3.63, 3.8) is 0 Å². The van der Waals surface area contributed by atoms with Gasteiger partial charge in [0.1, 0.15) is 5.75 Å². The van der Waals surface area contributed by atoms with E-state index in [1.165, 1.54) is 4.88 Å². The van der Waals surface area contributed by atoms with Gasteiger partial charge in [0.15, 0.2) is 0 Å². The molecule has 1 amide bonds. The van der Waals surface area contributed by atoms with E-state index in [2.05, 4.69) is 32.7 Å². The molecule has 0 bridgehead atoms. The molecule has 5 rings (SSSR count). The van der Waals surface area contributed by atoms with Crippen molar-refractivity contribution in [1.82, 2.24) is 9.91 Å². The molecule has 1 aromatic carbocycles. The van der Waals surface area contributed by atoms with Crippen LogP contribution in [0.4, 0.5) is 5.69 Å². The number of phenols is 1. The Morgan fingerprint density at radius 1 is 1.00 bits per heavy atom. The topological polar surface area (TPSA) is 59.4 Å². The van der Waals surface area contributed by atoms with Gasteiger partial charge in [-0.15, -0.1) is 22.7 Å². The Morgan fingerprint density at radius 2 is 1.74 bits per heavy atom. The molecular weight excluding hydrogens is 428 g/mol. The first-order valence-electron chi connectivity index (χ1n) is 10.4. The van der Waals surface area contributed by atoms with E-state index < -0.39 is 0 Å². The van der Waals surface area contributed by atoms with Gasteiger partial charge in [-0.1, -0.05) is 12.1 Å². The van der Waals surface area contributed by atoms with E-state index >= 15 is 0 Å². The normalized spacial score (nSPS) is 19.6. The summed E-state index contributed by atoms with van der Waals surface area (Å²) >= 11 is 3.35. The van der Waals surface area contributed by atoms with Crippen LogP contribution in [-0.2, 0) is 4.79 Å². The molecule has 0 radical (unpaired) electrons. The zero-order valence-corrected chi connectivity index (χ0v) is 18.7. The summed E-state index contributed by atoms with van der Waals surface area (Å²) in [5.74, 6) is 0.337. The molecular formula is C23H24N4O2S2. The Kier molecular flexibility index (Phi) is 5.76. The van der Waals surface area contributed by atoms with Gasteiger partial charge in [-0.05, 0) is 47.2 Å². The molecule has 8 heteroatoms. The van der Waals surface area contributed by atoms with Crippen LogP contribution in [0.25, 0.3) is 0 Å². The van der Waals surface area contributed by atoms with Crippen LogP contribution in [0.5, 0.6) is 5.75 Å². The molecule has 2 aliphatic rings. The number of rotatable bonds is 5. The van der Waals surface area contributed by atoms with Crippen molar-refractivity contribution in [3.05, 3.63) is 69.0 Å². The Balaban J connectivity index is 1.25. The van der Waals surface area contributed by atoms with Crippen LogP contribution in [0.2, 0.25) is 0 Å². The zero-order valence-electron chi connectivity index (χ0n) is 17.1. The van der Waals surface area contributed by atoms with Gasteiger partial charge in [0.25, 0.3) is 5.91 Å². The quantitative estimate of drug-likeness (QED) is 0.635. The molecule has 0 aliphatic carbocycles. The second-order valence-corrected chi connectivity index (χ2v) is 9.70. The highest BCUT2D eigenvalue weighted by atomic mass is 32.1. The highest BCUT2D eigenvalue weighted by molar-refractivity contribution is 7.12. The SMILES string of the molecule is O=C(CN1CCN(c2ccc(O)cc2)CC1)N1N=C(c2cccs2)CC1c1cccs1. The largest absolute Gasteiger partial charge is 0.508 e. The maximum absolute atomic E-state index is 13.3. The van der Waals surface area contributed by atoms with Gasteiger partial charge in [-0.25, -0.2) is 5.01 Å². The van der Waals surface area contributed by atoms with Crippen LogP contribution < -0.4 is 4.90 Å². The number of piperazine rings is 1. The highest BCUT2D eigenvalue weighted by Gasteiger charge is 2.35. The van der Waals surface area contributed by atoms with Crippen LogP contribution in [0.1, 0.15) is 22.2 Å². The summed E-state index contributed by atoms with van der Waals surface area (Å²) in [5.41, 5.74) is 2.10. The predicted molar refractivity (Wildman–Crippen MR) is 126 cm³/mol. The lowest BCUT2D eigenvalue weighted by molar-refractivity contribution is -0.134. The molecule has 0 saturated carbocycles. The molecule has 2 aromatic heterocycles. The maximum Gasteiger partial charge on any atom is 0.257 e. The summed E-state index contributed by atoms with van der Waals surface area (Å²) in [6.07, 6.45) is 0.765. The summed E-state index contributed by atoms with van der Waals surface area (Å²) in [6, 6.07) is 15.5. The molecule has 6 nitrogen and oxygen atoms in total. The van der Waals surface area contributed by atoms with Gasteiger partial charge >= 0.3 is 0 Å². The lowest BCUT2D eigenvalue weighted by Gasteiger charge is -2.36. The number of hydrogen-bond acceptors (Lipinski definition) is 7. The van der Waals surface area contributed by atoms with E-state index in [0.29, 0.717) is 6.54 Å². The lowest BCUT2D eigenvalue weighted by atomic mass is 10.1. The van der Waals surface area contributed by atoms with Crippen molar-refractivity contribution in [2.75, 3.05) is 37.6 Å². The summed E-state index contributed by atoms with van der Waals surface area (Å²) in [4.78, 5) is 20.1. The Labute approximate surface area is 189 Å². The van der Waals surface area contributed by atoms with E-state index in [0.717, 1.165) is 48.9 Å². The molecule has 3 aromatic rings. The first-order valence-corrected chi connectivity index (χ1v) is 12.2. The number of thiophene rings is 2. The number of nitrogens with zero attached hydrogens (tertiary/aromatic N) is 4. The Morgan fingerprint density at radius 3 is 2.42 bits per heavy atom. The molecule has 2 aliphatic heterocycles. The minimum Gasteiger partial charge on any atom is -0.508 e. The smallest absolute Gasteiger partial charge is 0.257 e. The molecule has 4 heterocycles. The number of phenolic OH excluding ortho intramolecular Hbond substituents is 1. The summed E-state index contributed by atoms with van der Waals surface area (Å²) in [6.45, 7) is 3.75. The number of carbonyl (C=O) groups excluding carboxylic acids is 1. The average Bonchev–Trinajstić information content (AvgIpc) is 3.56. The number of hydrogen-bond donors (Lipinski definition) is 1. The standard InChI is InChI=1S/C23H24N4O2S2/c28-18-7-5-17(6-8-18)26-11-9-25(10-12-26)16-23(29)27-20(22-4-2-14-31-22)15-19(24-27)21-3-1-13-30-21/h1-8,13-14,20,28H,9-12,15-16H2. The van der Waals surface area contributed by atoms with Gasteiger partial charge in [0, 0.05) is 43.2 Å². The third-order valence-corrected chi connectivity index (χ3v) is 7.68. The van der Waals surface area contributed by atoms with Gasteiger partial charge in [-0.2, -0.15) is 5.10 Å². The fourth-order valence-electron chi connectivity index (χ4n) is 4.13. The maximum atomic E-state index is 13.3. The van der Waals surface area contributed by atoms with E-state index in [4.69, 9.17) is 5.10 Å². The van der Waals surface area contributed by atoms with Crippen molar-refractivity contribution < 1.29 is 9.90 Å². The molecule has 1 atom stereocenters. The molecule has 1 saturated heterocycles. The first kappa shape index (κ1) is 20.2. The molecule has 1 N–H and O–H groups in total. The van der Waals surface area contributed by atoms with Crippen molar-refractivity contribution in [1.29, 1.82) is 0 Å². The average molecular weight is 453 g/mol. The van der Waals surface area contributed by atoms with Crippen LogP contribution in [-0.4, -0.2) is 59.4 Å². The number of benzene rings is 1. The van der Waals surface area contributed by atoms with Crippen molar-refractivity contribution in [2.45, 2.75) is 12.5 Å². The molecule has 1 unspecified atom stereocenters. The Hall–Kier alpha value is -2.68. The zero-order chi connectivity index (χ0) is 21.2. The number of amides is 1. The second-order valence-electron chi connectivity index (χ2n) is 7.78. The first-order chi connectivity index (χ1) is 15.2. The number of carbonyl (C=O) groups is 1. The van der Waals surface area contributed by atoms with E-state index in [9.17, 15) is 9.90 Å². The lowest BCUT2D eigenvalue weighted by Crippen LogP contribution is -2.49. The predicted octanol–water partition coefficient (Wildman–Crippen LogP) is 4.02. The minimum absolute atomic E-state index is 0.0112. The Bertz CT molecular complexity index is 1040. The number of aromatic hydroxyl groups is 1. The molecule has 31 heavy (non-hydrogen) atoms. The van der Waals surface area contributed by atoms with Gasteiger partial charge < -0.3 is 10.0 Å². The number of anilines is 1. The fraction of sp³-hybridized carbons (Fsp3) is 0.304. The van der Waals surface area contributed by atoms with E-state index in [-0.39, 0.29) is 17.7 Å². The van der Waals surface area contributed by atoms with E-state index in [1.54, 1.807) is 39.8 Å². The van der Waals surface area contributed by atoms with E-state index in [1.807, 2.05) is 24.3 Å². The highest BCUT2D eigenvalue weighted by Crippen LogP contribution is 2.36. The monoisotopic (exact) mass is 452 g/mol. The summed E-state index contributed by atoms with van der Waals surface area (Å²) in [5, 5.41) is 20.1. The molecule has 160 valence electrons. The van der Waals surface area contributed by atoms with Gasteiger partial charge in [-0.3, -0.25) is 9.69 Å². The van der Waals surface area contributed by atoms with Crippen LogP contribution in [0.15, 0.2) is 64.4 Å².